The summed E-state index contributed by atoms with van der Waals surface area (Å²) in [7, 11) is 0. The Hall–Kier alpha value is -0.800. The first-order chi connectivity index (χ1) is 8.74. The van der Waals surface area contributed by atoms with E-state index in [0.717, 1.165) is 29.4 Å². The normalized spacial score (nSPS) is 10.8. The van der Waals surface area contributed by atoms with Crippen molar-refractivity contribution in [3.8, 4) is 0 Å². The lowest BCUT2D eigenvalue weighted by molar-refractivity contribution is 0.636. The fraction of sp³-hybridized carbons (Fsp3) is 0.357. The van der Waals surface area contributed by atoms with Gasteiger partial charge in [-0.2, -0.15) is 5.10 Å². The molecular weight excluding hydrogens is 312 g/mol. The molecule has 1 heterocycles. The summed E-state index contributed by atoms with van der Waals surface area (Å²) in [6.07, 6.45) is 4.01. The van der Waals surface area contributed by atoms with Crippen molar-refractivity contribution in [2.24, 2.45) is 0 Å². The number of benzene rings is 1. The van der Waals surface area contributed by atoms with Crippen LogP contribution < -0.4 is 0 Å². The standard InChI is InChI=1S/C14H16BrClN2/c1-2-4-14-12(8-16)9-17-18(14)10-11-5-3-6-13(15)7-11/h3,5-7,9H,2,4,8,10H2,1H3. The van der Waals surface area contributed by atoms with E-state index in [1.54, 1.807) is 0 Å². The third-order valence-electron chi connectivity index (χ3n) is 2.89. The van der Waals surface area contributed by atoms with Crippen LogP contribution in [0.4, 0.5) is 0 Å². The monoisotopic (exact) mass is 326 g/mol. The van der Waals surface area contributed by atoms with Crippen molar-refractivity contribution in [1.29, 1.82) is 0 Å². The fourth-order valence-corrected chi connectivity index (χ4v) is 2.70. The van der Waals surface area contributed by atoms with E-state index < -0.39 is 0 Å². The molecule has 0 amide bonds. The smallest absolute Gasteiger partial charge is 0.0663 e. The van der Waals surface area contributed by atoms with Crippen LogP contribution in [0.3, 0.4) is 0 Å². The zero-order valence-corrected chi connectivity index (χ0v) is 12.7. The van der Waals surface area contributed by atoms with Gasteiger partial charge >= 0.3 is 0 Å². The summed E-state index contributed by atoms with van der Waals surface area (Å²) >= 11 is 9.44. The number of halogens is 2. The van der Waals surface area contributed by atoms with E-state index in [0.29, 0.717) is 5.88 Å². The maximum absolute atomic E-state index is 5.95. The van der Waals surface area contributed by atoms with Crippen molar-refractivity contribution in [2.45, 2.75) is 32.2 Å². The van der Waals surface area contributed by atoms with Crippen molar-refractivity contribution in [1.82, 2.24) is 9.78 Å². The summed E-state index contributed by atoms with van der Waals surface area (Å²) in [5, 5.41) is 4.45. The molecule has 0 saturated heterocycles. The second-order valence-corrected chi connectivity index (χ2v) is 5.47. The molecule has 0 unspecified atom stereocenters. The predicted molar refractivity (Wildman–Crippen MR) is 79.0 cm³/mol. The first kappa shape index (κ1) is 13.6. The maximum Gasteiger partial charge on any atom is 0.0663 e. The highest BCUT2D eigenvalue weighted by atomic mass is 79.9. The number of aromatic nitrogens is 2. The Kier molecular flexibility index (Phi) is 4.84. The highest BCUT2D eigenvalue weighted by Gasteiger charge is 2.09. The molecule has 0 spiro atoms. The molecule has 0 aliphatic heterocycles. The highest BCUT2D eigenvalue weighted by molar-refractivity contribution is 9.10. The quantitative estimate of drug-likeness (QED) is 0.745. The Morgan fingerprint density at radius 3 is 2.89 bits per heavy atom. The largest absolute Gasteiger partial charge is 0.265 e. The number of nitrogens with zero attached hydrogens (tertiary/aromatic N) is 2. The second kappa shape index (κ2) is 6.39. The second-order valence-electron chi connectivity index (χ2n) is 4.29. The molecule has 0 atom stereocenters. The van der Waals surface area contributed by atoms with Crippen LogP contribution >= 0.6 is 27.5 Å². The number of hydrogen-bond acceptors (Lipinski definition) is 1. The van der Waals surface area contributed by atoms with Gasteiger partial charge in [-0.15, -0.1) is 11.6 Å². The molecule has 96 valence electrons. The van der Waals surface area contributed by atoms with Gasteiger partial charge in [0.05, 0.1) is 18.6 Å². The van der Waals surface area contributed by atoms with Crippen LogP contribution in [0.5, 0.6) is 0 Å². The molecule has 4 heteroatoms. The van der Waals surface area contributed by atoms with Crippen molar-refractivity contribution in [3.05, 3.63) is 51.8 Å². The molecule has 2 aromatic rings. The van der Waals surface area contributed by atoms with E-state index in [4.69, 9.17) is 11.6 Å². The summed E-state index contributed by atoms with van der Waals surface area (Å²) in [5.41, 5.74) is 3.65. The van der Waals surface area contributed by atoms with Gasteiger partial charge in [-0.05, 0) is 24.1 Å². The molecule has 0 bridgehead atoms. The van der Waals surface area contributed by atoms with Gasteiger partial charge in [0.15, 0.2) is 0 Å². The van der Waals surface area contributed by atoms with Crippen LogP contribution in [0.2, 0.25) is 0 Å². The minimum Gasteiger partial charge on any atom is -0.265 e. The third-order valence-corrected chi connectivity index (χ3v) is 3.67. The van der Waals surface area contributed by atoms with Crippen molar-refractivity contribution in [3.63, 3.8) is 0 Å². The SMILES string of the molecule is CCCc1c(CCl)cnn1Cc1cccc(Br)c1. The van der Waals surface area contributed by atoms with Crippen LogP contribution in [-0.4, -0.2) is 9.78 Å². The predicted octanol–water partition coefficient (Wildman–Crippen LogP) is 4.39. The van der Waals surface area contributed by atoms with Crippen LogP contribution in [-0.2, 0) is 18.8 Å². The van der Waals surface area contributed by atoms with E-state index in [-0.39, 0.29) is 0 Å². The van der Waals surface area contributed by atoms with Gasteiger partial charge in [-0.3, -0.25) is 4.68 Å². The molecule has 2 rings (SSSR count). The van der Waals surface area contributed by atoms with E-state index >= 15 is 0 Å². The van der Waals surface area contributed by atoms with Gasteiger partial charge in [0.25, 0.3) is 0 Å². The molecule has 0 fully saturated rings. The Morgan fingerprint density at radius 1 is 1.39 bits per heavy atom. The molecule has 18 heavy (non-hydrogen) atoms. The summed E-state index contributed by atoms with van der Waals surface area (Å²) in [6, 6.07) is 8.31. The van der Waals surface area contributed by atoms with E-state index in [1.807, 2.05) is 18.3 Å². The molecule has 1 aromatic heterocycles. The minimum atomic E-state index is 0.536. The molecular formula is C14H16BrClN2. The zero-order valence-electron chi connectivity index (χ0n) is 10.4. The van der Waals surface area contributed by atoms with Gasteiger partial charge in [0.1, 0.15) is 0 Å². The molecule has 1 aromatic carbocycles. The van der Waals surface area contributed by atoms with E-state index in [2.05, 4.69) is 44.8 Å². The Labute approximate surface area is 121 Å². The Balaban J connectivity index is 2.25. The lowest BCUT2D eigenvalue weighted by Crippen LogP contribution is -2.07. The lowest BCUT2D eigenvalue weighted by atomic mass is 10.1. The van der Waals surface area contributed by atoms with Crippen LogP contribution in [0.25, 0.3) is 0 Å². The number of alkyl halides is 1. The van der Waals surface area contributed by atoms with Crippen LogP contribution in [0.15, 0.2) is 34.9 Å². The fourth-order valence-electron chi connectivity index (χ4n) is 2.03. The maximum atomic E-state index is 5.95. The van der Waals surface area contributed by atoms with Crippen molar-refractivity contribution < 1.29 is 0 Å². The first-order valence-electron chi connectivity index (χ1n) is 6.08. The summed E-state index contributed by atoms with van der Waals surface area (Å²) in [5.74, 6) is 0.536. The highest BCUT2D eigenvalue weighted by Crippen LogP contribution is 2.17. The van der Waals surface area contributed by atoms with E-state index in [1.165, 1.54) is 11.3 Å². The van der Waals surface area contributed by atoms with E-state index in [9.17, 15) is 0 Å². The van der Waals surface area contributed by atoms with Gasteiger partial charge < -0.3 is 0 Å². The average Bonchev–Trinajstić information content (AvgIpc) is 2.72. The van der Waals surface area contributed by atoms with Gasteiger partial charge in [0.2, 0.25) is 0 Å². The molecule has 0 saturated carbocycles. The lowest BCUT2D eigenvalue weighted by Gasteiger charge is -2.08. The topological polar surface area (TPSA) is 17.8 Å². The third kappa shape index (κ3) is 3.15. The Bertz CT molecular complexity index is 522. The van der Waals surface area contributed by atoms with Crippen LogP contribution in [0, 0.1) is 0 Å². The zero-order chi connectivity index (χ0) is 13.0. The minimum absolute atomic E-state index is 0.536. The molecule has 0 aliphatic carbocycles. The average molecular weight is 328 g/mol. The molecule has 2 nitrogen and oxygen atoms in total. The van der Waals surface area contributed by atoms with Gasteiger partial charge in [-0.1, -0.05) is 41.4 Å². The number of hydrogen-bond donors (Lipinski definition) is 0. The van der Waals surface area contributed by atoms with Gasteiger partial charge in [0, 0.05) is 15.7 Å². The van der Waals surface area contributed by atoms with Crippen molar-refractivity contribution >= 4 is 27.5 Å². The molecule has 0 radical (unpaired) electrons. The summed E-state index contributed by atoms with van der Waals surface area (Å²) in [6.45, 7) is 2.97. The summed E-state index contributed by atoms with van der Waals surface area (Å²) < 4.78 is 3.16. The Morgan fingerprint density at radius 2 is 2.22 bits per heavy atom. The number of rotatable bonds is 5. The summed E-state index contributed by atoms with van der Waals surface area (Å²) in [4.78, 5) is 0. The van der Waals surface area contributed by atoms with Crippen LogP contribution in [0.1, 0.15) is 30.2 Å². The molecule has 0 aliphatic rings. The van der Waals surface area contributed by atoms with Gasteiger partial charge in [-0.25, -0.2) is 0 Å². The van der Waals surface area contributed by atoms with Crippen molar-refractivity contribution in [2.75, 3.05) is 0 Å². The molecule has 0 N–H and O–H groups in total. The first-order valence-corrected chi connectivity index (χ1v) is 7.41.